The molecule has 3 nitrogen and oxygen atoms in total. The predicted molar refractivity (Wildman–Crippen MR) is 121 cm³/mol. The molecule has 0 bridgehead atoms. The summed E-state index contributed by atoms with van der Waals surface area (Å²) in [5, 5.41) is 21.8. The first-order chi connectivity index (χ1) is 15.2. The van der Waals surface area contributed by atoms with E-state index in [0.29, 0.717) is 22.3 Å². The van der Waals surface area contributed by atoms with E-state index in [1.807, 2.05) is 97.1 Å². The number of carbonyl (C=O) groups is 1. The molecule has 0 saturated heterocycles. The number of nitrogens with zero attached hydrogens (tertiary/aromatic N) is 1. The predicted octanol–water partition coefficient (Wildman–Crippen LogP) is 5.57. The zero-order valence-corrected chi connectivity index (χ0v) is 16.8. The second-order valence-corrected chi connectivity index (χ2v) is 7.38. The van der Waals surface area contributed by atoms with Gasteiger partial charge in [-0.3, -0.25) is 4.79 Å². The van der Waals surface area contributed by atoms with E-state index in [-0.39, 0.29) is 0 Å². The summed E-state index contributed by atoms with van der Waals surface area (Å²) in [5.41, 5.74) is -0.875. The maximum atomic E-state index is 13.4. The molecule has 0 radical (unpaired) electrons. The van der Waals surface area contributed by atoms with E-state index in [1.165, 1.54) is 0 Å². The lowest BCUT2D eigenvalue weighted by atomic mass is 9.52. The maximum absolute atomic E-state index is 13.4. The smallest absolute Gasteiger partial charge is 0.321 e. The molecule has 0 unspecified atom stereocenters. The van der Waals surface area contributed by atoms with Crippen LogP contribution in [-0.4, -0.2) is 11.1 Å². The lowest BCUT2D eigenvalue weighted by molar-refractivity contribution is -0.143. The van der Waals surface area contributed by atoms with Crippen molar-refractivity contribution in [2.45, 2.75) is 10.8 Å². The van der Waals surface area contributed by atoms with Gasteiger partial charge in [0.1, 0.15) is 10.8 Å². The van der Waals surface area contributed by atoms with E-state index in [9.17, 15) is 15.2 Å². The Morgan fingerprint density at radius 2 is 0.871 bits per heavy atom. The zero-order chi connectivity index (χ0) is 21.7. The van der Waals surface area contributed by atoms with Gasteiger partial charge in [0.05, 0.1) is 6.07 Å². The second kappa shape index (κ2) is 8.30. The summed E-state index contributed by atoms with van der Waals surface area (Å²) >= 11 is 0. The number of hydrogen-bond acceptors (Lipinski definition) is 2. The van der Waals surface area contributed by atoms with Crippen molar-refractivity contribution in [3.05, 3.63) is 144 Å². The molecular formula is C28H21NO2. The molecule has 0 aliphatic rings. The molecular weight excluding hydrogens is 382 g/mol. The quantitative estimate of drug-likeness (QED) is 0.458. The van der Waals surface area contributed by atoms with Crippen LogP contribution >= 0.6 is 0 Å². The molecule has 0 heterocycles. The van der Waals surface area contributed by atoms with Crippen LogP contribution in [0.2, 0.25) is 0 Å². The molecule has 3 heteroatoms. The minimum Gasteiger partial charge on any atom is -0.480 e. The first kappa shape index (κ1) is 20.1. The molecule has 0 spiro atoms. The van der Waals surface area contributed by atoms with Gasteiger partial charge in [-0.1, -0.05) is 121 Å². The molecule has 0 aromatic heterocycles. The standard InChI is InChI=1S/C28H21NO2/c29-21-27(22-13-5-1-6-14-22,23-15-7-2-8-16-23)28(26(30)31,24-17-9-3-10-18-24)25-19-11-4-12-20-25/h1-20H,(H,30,31). The fourth-order valence-electron chi connectivity index (χ4n) is 4.57. The van der Waals surface area contributed by atoms with E-state index in [0.717, 1.165) is 0 Å². The lowest BCUT2D eigenvalue weighted by Crippen LogP contribution is -2.55. The van der Waals surface area contributed by atoms with Crippen LogP contribution in [0, 0.1) is 11.3 Å². The largest absolute Gasteiger partial charge is 0.480 e. The highest BCUT2D eigenvalue weighted by molar-refractivity contribution is 5.91. The van der Waals surface area contributed by atoms with Gasteiger partial charge in [-0.2, -0.15) is 5.26 Å². The molecule has 4 aromatic carbocycles. The van der Waals surface area contributed by atoms with E-state index < -0.39 is 16.8 Å². The summed E-state index contributed by atoms with van der Waals surface area (Å²) in [5.74, 6) is -1.08. The topological polar surface area (TPSA) is 61.1 Å². The average Bonchev–Trinajstić information content (AvgIpc) is 2.84. The molecule has 1 N–H and O–H groups in total. The van der Waals surface area contributed by atoms with E-state index in [1.54, 1.807) is 24.3 Å². The van der Waals surface area contributed by atoms with Crippen LogP contribution in [-0.2, 0) is 15.6 Å². The number of nitriles is 1. The van der Waals surface area contributed by atoms with Crippen LogP contribution in [0.5, 0.6) is 0 Å². The third kappa shape index (κ3) is 3.01. The third-order valence-corrected chi connectivity index (χ3v) is 5.88. The van der Waals surface area contributed by atoms with Crippen molar-refractivity contribution in [3.8, 4) is 6.07 Å². The number of carboxylic acid groups (broad SMARTS) is 1. The molecule has 150 valence electrons. The summed E-state index contributed by atoms with van der Waals surface area (Å²) in [4.78, 5) is 13.4. The van der Waals surface area contributed by atoms with Gasteiger partial charge >= 0.3 is 5.97 Å². The van der Waals surface area contributed by atoms with Gasteiger partial charge in [-0.25, -0.2) is 0 Å². The summed E-state index contributed by atoms with van der Waals surface area (Å²) in [6, 6.07) is 39.0. The Morgan fingerprint density at radius 3 is 1.13 bits per heavy atom. The molecule has 0 amide bonds. The fourth-order valence-corrected chi connectivity index (χ4v) is 4.57. The Morgan fingerprint density at radius 1 is 0.581 bits per heavy atom. The van der Waals surface area contributed by atoms with Gasteiger partial charge in [0, 0.05) is 0 Å². The van der Waals surface area contributed by atoms with Gasteiger partial charge < -0.3 is 5.11 Å². The monoisotopic (exact) mass is 403 g/mol. The molecule has 0 atom stereocenters. The van der Waals surface area contributed by atoms with Gasteiger partial charge in [-0.05, 0) is 22.3 Å². The highest BCUT2D eigenvalue weighted by Gasteiger charge is 2.61. The highest BCUT2D eigenvalue weighted by Crippen LogP contribution is 2.53. The maximum Gasteiger partial charge on any atom is 0.321 e. The number of hydrogen-bond donors (Lipinski definition) is 1. The van der Waals surface area contributed by atoms with Crippen molar-refractivity contribution in [1.82, 2.24) is 0 Å². The first-order valence-corrected chi connectivity index (χ1v) is 10.0. The van der Waals surface area contributed by atoms with Crippen molar-refractivity contribution < 1.29 is 9.90 Å². The molecule has 0 fully saturated rings. The molecule has 4 aromatic rings. The second-order valence-electron chi connectivity index (χ2n) is 7.38. The zero-order valence-electron chi connectivity index (χ0n) is 16.8. The Balaban J connectivity index is 2.25. The van der Waals surface area contributed by atoms with Gasteiger partial charge in [-0.15, -0.1) is 0 Å². The van der Waals surface area contributed by atoms with Crippen LogP contribution in [0.1, 0.15) is 22.3 Å². The lowest BCUT2D eigenvalue weighted by Gasteiger charge is -2.45. The normalized spacial score (nSPS) is 11.5. The Bertz CT molecular complexity index is 1120. The Hall–Kier alpha value is -4.16. The van der Waals surface area contributed by atoms with Gasteiger partial charge in [0.2, 0.25) is 0 Å². The van der Waals surface area contributed by atoms with Gasteiger partial charge in [0.25, 0.3) is 0 Å². The number of rotatable bonds is 6. The Labute approximate surface area is 181 Å². The van der Waals surface area contributed by atoms with E-state index in [4.69, 9.17) is 0 Å². The number of benzene rings is 4. The first-order valence-electron chi connectivity index (χ1n) is 10.0. The van der Waals surface area contributed by atoms with Crippen molar-refractivity contribution in [2.75, 3.05) is 0 Å². The fraction of sp³-hybridized carbons (Fsp3) is 0.0714. The summed E-state index contributed by atoms with van der Waals surface area (Å²) in [6.07, 6.45) is 0. The molecule has 31 heavy (non-hydrogen) atoms. The van der Waals surface area contributed by atoms with E-state index in [2.05, 4.69) is 6.07 Å². The number of aliphatic carboxylic acids is 1. The van der Waals surface area contributed by atoms with Crippen molar-refractivity contribution in [3.63, 3.8) is 0 Å². The van der Waals surface area contributed by atoms with Crippen LogP contribution in [0.3, 0.4) is 0 Å². The van der Waals surface area contributed by atoms with Gasteiger partial charge in [0.15, 0.2) is 0 Å². The molecule has 0 aliphatic carbocycles. The summed E-state index contributed by atoms with van der Waals surface area (Å²) < 4.78 is 0. The van der Waals surface area contributed by atoms with Crippen molar-refractivity contribution in [2.24, 2.45) is 0 Å². The van der Waals surface area contributed by atoms with Crippen molar-refractivity contribution in [1.29, 1.82) is 5.26 Å². The van der Waals surface area contributed by atoms with E-state index >= 15 is 0 Å². The van der Waals surface area contributed by atoms with Crippen LogP contribution in [0.4, 0.5) is 0 Å². The molecule has 4 rings (SSSR count). The highest BCUT2D eigenvalue weighted by atomic mass is 16.4. The van der Waals surface area contributed by atoms with Crippen LogP contribution < -0.4 is 0 Å². The molecule has 0 aliphatic heterocycles. The third-order valence-electron chi connectivity index (χ3n) is 5.88. The molecule has 0 saturated carbocycles. The van der Waals surface area contributed by atoms with Crippen LogP contribution in [0.15, 0.2) is 121 Å². The SMILES string of the molecule is N#CC(c1ccccc1)(c1ccccc1)C(C(=O)O)(c1ccccc1)c1ccccc1. The minimum atomic E-state index is -1.69. The minimum absolute atomic E-state index is 0.544. The van der Waals surface area contributed by atoms with Crippen LogP contribution in [0.25, 0.3) is 0 Å². The number of carboxylic acids is 1. The van der Waals surface area contributed by atoms with Crippen molar-refractivity contribution >= 4 is 5.97 Å². The summed E-state index contributed by atoms with van der Waals surface area (Å²) in [6.45, 7) is 0. The average molecular weight is 403 g/mol. The Kier molecular flexibility index (Phi) is 5.39. The summed E-state index contributed by atoms with van der Waals surface area (Å²) in [7, 11) is 0.